The summed E-state index contributed by atoms with van der Waals surface area (Å²) in [7, 11) is 1.88. The van der Waals surface area contributed by atoms with E-state index < -0.39 is 0 Å². The predicted octanol–water partition coefficient (Wildman–Crippen LogP) is 5.14. The van der Waals surface area contributed by atoms with Gasteiger partial charge in [0.25, 0.3) is 0 Å². The molecule has 0 bridgehead atoms. The highest BCUT2D eigenvalue weighted by Gasteiger charge is 2.14. The first kappa shape index (κ1) is 16.9. The molecule has 0 aliphatic heterocycles. The van der Waals surface area contributed by atoms with Crippen LogP contribution in [0.5, 0.6) is 0 Å². The Bertz CT molecular complexity index is 1080. The molecule has 3 N–H and O–H groups in total. The number of aryl methyl sites for hydroxylation is 1. The van der Waals surface area contributed by atoms with E-state index in [0.717, 1.165) is 45.1 Å². The number of para-hydroxylation sites is 1. The van der Waals surface area contributed by atoms with Crippen molar-refractivity contribution in [2.75, 3.05) is 18.1 Å². The minimum Gasteiger partial charge on any atom is -0.397 e. The molecule has 0 aliphatic rings. The molecule has 0 unspecified atom stereocenters. The van der Waals surface area contributed by atoms with Gasteiger partial charge in [0.2, 0.25) is 0 Å². The normalized spacial score (nSPS) is 10.7. The van der Waals surface area contributed by atoms with Gasteiger partial charge >= 0.3 is 0 Å². The average Bonchev–Trinajstić information content (AvgIpc) is 3.11. The fraction of sp³-hybridized carbons (Fsp3) is 0.0870. The van der Waals surface area contributed by atoms with Crippen molar-refractivity contribution in [3.8, 4) is 28.1 Å². The summed E-state index contributed by atoms with van der Waals surface area (Å²) in [4.78, 5) is 0. The Labute approximate surface area is 159 Å². The van der Waals surface area contributed by atoms with E-state index in [2.05, 4.69) is 41.7 Å². The van der Waals surface area contributed by atoms with Crippen LogP contribution >= 0.6 is 0 Å². The highest BCUT2D eigenvalue weighted by atomic mass is 15.3. The van der Waals surface area contributed by atoms with Crippen LogP contribution in [0, 0.1) is 6.92 Å². The summed E-state index contributed by atoms with van der Waals surface area (Å²) in [6.07, 6.45) is 0. The van der Waals surface area contributed by atoms with Gasteiger partial charge in [0.15, 0.2) is 0 Å². The maximum atomic E-state index is 6.05. The highest BCUT2D eigenvalue weighted by molar-refractivity contribution is 5.81. The molecule has 0 aliphatic carbocycles. The summed E-state index contributed by atoms with van der Waals surface area (Å²) < 4.78 is 2.02. The first-order chi connectivity index (χ1) is 13.2. The predicted molar refractivity (Wildman–Crippen MR) is 113 cm³/mol. The molecule has 0 amide bonds. The van der Waals surface area contributed by atoms with Crippen LogP contribution in [-0.4, -0.2) is 16.8 Å². The second kappa shape index (κ2) is 7.00. The molecule has 3 aromatic carbocycles. The molecule has 0 radical (unpaired) electrons. The lowest BCUT2D eigenvalue weighted by Gasteiger charge is -2.14. The Hall–Kier alpha value is -3.53. The lowest BCUT2D eigenvalue weighted by atomic mass is 10.0. The van der Waals surface area contributed by atoms with E-state index in [-0.39, 0.29) is 0 Å². The van der Waals surface area contributed by atoms with E-state index >= 15 is 0 Å². The van der Waals surface area contributed by atoms with Crippen molar-refractivity contribution in [2.24, 2.45) is 0 Å². The summed E-state index contributed by atoms with van der Waals surface area (Å²) in [5.41, 5.74) is 14.1. The van der Waals surface area contributed by atoms with E-state index in [1.165, 1.54) is 0 Å². The maximum Gasteiger partial charge on any atom is 0.0743 e. The second-order valence-corrected chi connectivity index (χ2v) is 6.52. The van der Waals surface area contributed by atoms with Crippen LogP contribution in [0.15, 0.2) is 78.9 Å². The number of aromatic nitrogens is 2. The van der Waals surface area contributed by atoms with Gasteiger partial charge in [0.1, 0.15) is 0 Å². The summed E-state index contributed by atoms with van der Waals surface area (Å²) in [5.74, 6) is 0. The minimum atomic E-state index is 0.735. The number of hydrogen-bond donors (Lipinski definition) is 2. The molecule has 134 valence electrons. The third-order valence-electron chi connectivity index (χ3n) is 4.67. The van der Waals surface area contributed by atoms with E-state index in [9.17, 15) is 0 Å². The SMILES string of the molecule is CNc1cc(-c2ccccc2-n2nc(C)cc2-c2ccccc2)ccc1N. The monoisotopic (exact) mass is 354 g/mol. The number of hydrogen-bond acceptors (Lipinski definition) is 3. The number of anilines is 2. The van der Waals surface area contributed by atoms with Gasteiger partial charge in [-0.1, -0.05) is 54.6 Å². The molecule has 4 aromatic rings. The summed E-state index contributed by atoms with van der Waals surface area (Å²) >= 11 is 0. The standard InChI is InChI=1S/C23H22N4/c1-16-14-23(17-8-4-3-5-9-17)27(26-16)22-11-7-6-10-19(22)18-12-13-20(24)21(15-18)25-2/h3-15,25H,24H2,1-2H3. The van der Waals surface area contributed by atoms with Crippen molar-refractivity contribution < 1.29 is 0 Å². The number of nitrogen functional groups attached to an aromatic ring is 1. The second-order valence-electron chi connectivity index (χ2n) is 6.52. The number of nitrogens with zero attached hydrogens (tertiary/aromatic N) is 2. The summed E-state index contributed by atoms with van der Waals surface area (Å²) in [6.45, 7) is 2.02. The molecule has 27 heavy (non-hydrogen) atoms. The quantitative estimate of drug-likeness (QED) is 0.499. The van der Waals surface area contributed by atoms with Crippen molar-refractivity contribution in [3.05, 3.63) is 84.6 Å². The molecule has 4 rings (SSSR count). The largest absolute Gasteiger partial charge is 0.397 e. The van der Waals surface area contributed by atoms with Crippen molar-refractivity contribution in [1.29, 1.82) is 0 Å². The highest BCUT2D eigenvalue weighted by Crippen LogP contribution is 2.33. The molecule has 0 saturated carbocycles. The Morgan fingerprint density at radius 2 is 1.59 bits per heavy atom. The number of nitrogens with one attached hydrogen (secondary N) is 1. The van der Waals surface area contributed by atoms with Crippen LogP contribution in [0.3, 0.4) is 0 Å². The molecule has 1 aromatic heterocycles. The van der Waals surface area contributed by atoms with Crippen molar-refractivity contribution >= 4 is 11.4 Å². The third-order valence-corrected chi connectivity index (χ3v) is 4.67. The number of rotatable bonds is 4. The van der Waals surface area contributed by atoms with Crippen molar-refractivity contribution in [3.63, 3.8) is 0 Å². The zero-order valence-corrected chi connectivity index (χ0v) is 15.5. The molecule has 0 atom stereocenters. The number of benzene rings is 3. The Kier molecular flexibility index (Phi) is 4.38. The molecule has 0 fully saturated rings. The van der Waals surface area contributed by atoms with Gasteiger partial charge in [0.05, 0.1) is 28.5 Å². The zero-order chi connectivity index (χ0) is 18.8. The third kappa shape index (κ3) is 3.17. The van der Waals surface area contributed by atoms with Crippen LogP contribution in [0.2, 0.25) is 0 Å². The fourth-order valence-corrected chi connectivity index (χ4v) is 3.34. The van der Waals surface area contributed by atoms with Crippen LogP contribution < -0.4 is 11.1 Å². The molecule has 0 saturated heterocycles. The minimum absolute atomic E-state index is 0.735. The average molecular weight is 354 g/mol. The van der Waals surface area contributed by atoms with E-state index in [4.69, 9.17) is 10.8 Å². The van der Waals surface area contributed by atoms with Gasteiger partial charge in [-0.2, -0.15) is 5.10 Å². The van der Waals surface area contributed by atoms with E-state index in [0.29, 0.717) is 0 Å². The Morgan fingerprint density at radius 1 is 0.852 bits per heavy atom. The van der Waals surface area contributed by atoms with Gasteiger partial charge in [-0.25, -0.2) is 4.68 Å². The maximum absolute atomic E-state index is 6.05. The van der Waals surface area contributed by atoms with Gasteiger partial charge < -0.3 is 11.1 Å². The van der Waals surface area contributed by atoms with Crippen LogP contribution in [0.1, 0.15) is 5.69 Å². The van der Waals surface area contributed by atoms with Crippen LogP contribution in [0.4, 0.5) is 11.4 Å². The summed E-state index contributed by atoms with van der Waals surface area (Å²) in [6, 6.07) is 26.8. The van der Waals surface area contributed by atoms with Gasteiger partial charge in [-0.3, -0.25) is 0 Å². The van der Waals surface area contributed by atoms with Gasteiger partial charge in [-0.15, -0.1) is 0 Å². The lowest BCUT2D eigenvalue weighted by molar-refractivity contribution is 0.871. The zero-order valence-electron chi connectivity index (χ0n) is 15.5. The lowest BCUT2D eigenvalue weighted by Crippen LogP contribution is -2.02. The van der Waals surface area contributed by atoms with Crippen LogP contribution in [0.25, 0.3) is 28.1 Å². The first-order valence-corrected chi connectivity index (χ1v) is 8.96. The Balaban J connectivity index is 1.91. The van der Waals surface area contributed by atoms with Crippen LogP contribution in [-0.2, 0) is 0 Å². The van der Waals surface area contributed by atoms with E-state index in [1.807, 2.05) is 61.1 Å². The fourth-order valence-electron chi connectivity index (χ4n) is 3.34. The molecule has 4 nitrogen and oxygen atoms in total. The molecule has 0 spiro atoms. The smallest absolute Gasteiger partial charge is 0.0743 e. The van der Waals surface area contributed by atoms with Gasteiger partial charge in [-0.05, 0) is 36.8 Å². The van der Waals surface area contributed by atoms with Gasteiger partial charge in [0, 0.05) is 18.2 Å². The number of nitrogens with two attached hydrogens (primary N) is 1. The molecular weight excluding hydrogens is 332 g/mol. The summed E-state index contributed by atoms with van der Waals surface area (Å²) in [5, 5.41) is 7.94. The van der Waals surface area contributed by atoms with Crippen molar-refractivity contribution in [1.82, 2.24) is 9.78 Å². The Morgan fingerprint density at radius 3 is 2.37 bits per heavy atom. The van der Waals surface area contributed by atoms with E-state index in [1.54, 1.807) is 0 Å². The molecular formula is C23H22N4. The topological polar surface area (TPSA) is 55.9 Å². The first-order valence-electron chi connectivity index (χ1n) is 8.96. The van der Waals surface area contributed by atoms with Crippen molar-refractivity contribution in [2.45, 2.75) is 6.92 Å². The molecule has 1 heterocycles. The molecule has 4 heteroatoms.